The Bertz CT molecular complexity index is 719. The zero-order valence-corrected chi connectivity index (χ0v) is 10.1. The molecule has 1 aromatic heterocycles. The third kappa shape index (κ3) is 2.29. The maximum atomic E-state index is 13.1. The minimum atomic E-state index is -0.843. The summed E-state index contributed by atoms with van der Waals surface area (Å²) < 4.78 is 25.9. The zero-order valence-electron chi connectivity index (χ0n) is 10.1. The molecule has 0 saturated heterocycles. The summed E-state index contributed by atoms with van der Waals surface area (Å²) in [4.78, 5) is 3.14. The molecule has 0 bridgehead atoms. The van der Waals surface area contributed by atoms with Crippen LogP contribution in [-0.4, -0.2) is 4.98 Å². The quantitative estimate of drug-likeness (QED) is 0.728. The smallest absolute Gasteiger partial charge is 0.160 e. The van der Waals surface area contributed by atoms with E-state index in [1.807, 2.05) is 30.5 Å². The molecule has 2 nitrogen and oxygen atoms in total. The maximum Gasteiger partial charge on any atom is 0.160 e. The summed E-state index contributed by atoms with van der Waals surface area (Å²) in [7, 11) is 0. The first-order chi connectivity index (χ1) is 9.24. The second kappa shape index (κ2) is 4.72. The fourth-order valence-corrected chi connectivity index (χ4v) is 2.11. The van der Waals surface area contributed by atoms with Crippen LogP contribution in [0.3, 0.4) is 0 Å². The number of benzene rings is 2. The highest BCUT2D eigenvalue weighted by atomic mass is 19.2. The number of hydrogen-bond acceptors (Lipinski definition) is 1. The fraction of sp³-hybridized carbons (Fsp3) is 0.0667. The van der Waals surface area contributed by atoms with Gasteiger partial charge in [0.25, 0.3) is 0 Å². The summed E-state index contributed by atoms with van der Waals surface area (Å²) in [6, 6.07) is 11.8. The van der Waals surface area contributed by atoms with Gasteiger partial charge in [0.1, 0.15) is 0 Å². The first-order valence-corrected chi connectivity index (χ1v) is 5.98. The third-order valence-corrected chi connectivity index (χ3v) is 3.09. The molecule has 0 aliphatic heterocycles. The van der Waals surface area contributed by atoms with Gasteiger partial charge in [0.05, 0.1) is 0 Å². The maximum absolute atomic E-state index is 13.1. The molecule has 0 spiro atoms. The van der Waals surface area contributed by atoms with E-state index in [2.05, 4.69) is 10.3 Å². The van der Waals surface area contributed by atoms with Crippen molar-refractivity contribution in [1.29, 1.82) is 0 Å². The van der Waals surface area contributed by atoms with Gasteiger partial charge >= 0.3 is 0 Å². The van der Waals surface area contributed by atoms with Gasteiger partial charge in [-0.15, -0.1) is 0 Å². The van der Waals surface area contributed by atoms with Crippen LogP contribution in [0.25, 0.3) is 10.9 Å². The van der Waals surface area contributed by atoms with Crippen LogP contribution in [0.1, 0.15) is 5.56 Å². The van der Waals surface area contributed by atoms with E-state index in [9.17, 15) is 8.78 Å². The van der Waals surface area contributed by atoms with Crippen molar-refractivity contribution in [3.05, 3.63) is 65.9 Å². The van der Waals surface area contributed by atoms with Gasteiger partial charge in [-0.1, -0.05) is 12.1 Å². The van der Waals surface area contributed by atoms with Gasteiger partial charge in [0, 0.05) is 35.4 Å². The highest BCUT2D eigenvalue weighted by Gasteiger charge is 2.04. The Morgan fingerprint density at radius 3 is 2.74 bits per heavy atom. The second-order valence-corrected chi connectivity index (χ2v) is 4.34. The fourth-order valence-electron chi connectivity index (χ4n) is 2.11. The SMILES string of the molecule is Fc1ccc(NCc2cccc3[nH]ccc23)cc1F. The van der Waals surface area contributed by atoms with Crippen molar-refractivity contribution in [1.82, 2.24) is 4.98 Å². The van der Waals surface area contributed by atoms with E-state index in [1.165, 1.54) is 6.07 Å². The molecular weight excluding hydrogens is 246 g/mol. The standard InChI is InChI=1S/C15H12F2N2/c16-13-5-4-11(8-14(13)17)19-9-10-2-1-3-15-12(10)6-7-18-15/h1-8,18-19H,9H2. The van der Waals surface area contributed by atoms with Gasteiger partial charge in [0.15, 0.2) is 11.6 Å². The first-order valence-electron chi connectivity index (χ1n) is 5.98. The number of hydrogen-bond donors (Lipinski definition) is 2. The Morgan fingerprint density at radius 1 is 1.00 bits per heavy atom. The predicted molar refractivity (Wildman–Crippen MR) is 72.0 cm³/mol. The number of halogens is 2. The number of H-pyrrole nitrogens is 1. The van der Waals surface area contributed by atoms with Gasteiger partial charge in [-0.3, -0.25) is 0 Å². The van der Waals surface area contributed by atoms with Crippen LogP contribution >= 0.6 is 0 Å². The highest BCUT2D eigenvalue weighted by molar-refractivity contribution is 5.83. The molecule has 1 heterocycles. The molecule has 19 heavy (non-hydrogen) atoms. The summed E-state index contributed by atoms with van der Waals surface area (Å²) in [6.45, 7) is 0.556. The number of rotatable bonds is 3. The molecule has 4 heteroatoms. The van der Waals surface area contributed by atoms with E-state index >= 15 is 0 Å². The van der Waals surface area contributed by atoms with Crippen LogP contribution in [0, 0.1) is 11.6 Å². The summed E-state index contributed by atoms with van der Waals surface area (Å²) in [5.41, 5.74) is 2.72. The molecule has 0 unspecified atom stereocenters. The molecular formula is C15H12F2N2. The Hall–Kier alpha value is -2.36. The molecule has 0 atom stereocenters. The number of aromatic nitrogens is 1. The van der Waals surface area contributed by atoms with Crippen molar-refractivity contribution in [2.75, 3.05) is 5.32 Å². The average molecular weight is 258 g/mol. The molecule has 0 amide bonds. The molecule has 0 radical (unpaired) electrons. The predicted octanol–water partition coefficient (Wildman–Crippen LogP) is 4.06. The van der Waals surface area contributed by atoms with Gasteiger partial charge in [-0.05, 0) is 29.8 Å². The van der Waals surface area contributed by atoms with Crippen molar-refractivity contribution in [3.8, 4) is 0 Å². The summed E-state index contributed by atoms with van der Waals surface area (Å²) in [6.07, 6.45) is 1.88. The van der Waals surface area contributed by atoms with E-state index < -0.39 is 11.6 Å². The molecule has 0 fully saturated rings. The lowest BCUT2D eigenvalue weighted by molar-refractivity contribution is 0.509. The van der Waals surface area contributed by atoms with E-state index in [0.717, 1.165) is 28.6 Å². The molecule has 96 valence electrons. The van der Waals surface area contributed by atoms with Crippen LogP contribution < -0.4 is 5.32 Å². The number of anilines is 1. The summed E-state index contributed by atoms with van der Waals surface area (Å²) in [5, 5.41) is 4.21. The van der Waals surface area contributed by atoms with E-state index in [-0.39, 0.29) is 0 Å². The van der Waals surface area contributed by atoms with Crippen LogP contribution in [0.5, 0.6) is 0 Å². The van der Waals surface area contributed by atoms with Crippen LogP contribution in [0.4, 0.5) is 14.5 Å². The third-order valence-electron chi connectivity index (χ3n) is 3.09. The van der Waals surface area contributed by atoms with Gasteiger partial charge < -0.3 is 10.3 Å². The Labute approximate surface area is 109 Å². The lowest BCUT2D eigenvalue weighted by Gasteiger charge is -2.08. The first kappa shape index (κ1) is 11.7. The van der Waals surface area contributed by atoms with Gasteiger partial charge in [-0.25, -0.2) is 8.78 Å². The summed E-state index contributed by atoms with van der Waals surface area (Å²) in [5.74, 6) is -1.68. The van der Waals surface area contributed by atoms with Crippen molar-refractivity contribution in [3.63, 3.8) is 0 Å². The van der Waals surface area contributed by atoms with Crippen molar-refractivity contribution < 1.29 is 8.78 Å². The number of fused-ring (bicyclic) bond motifs is 1. The van der Waals surface area contributed by atoms with Gasteiger partial charge in [-0.2, -0.15) is 0 Å². The van der Waals surface area contributed by atoms with E-state index in [1.54, 1.807) is 0 Å². The zero-order chi connectivity index (χ0) is 13.2. The van der Waals surface area contributed by atoms with E-state index in [0.29, 0.717) is 12.2 Å². The summed E-state index contributed by atoms with van der Waals surface area (Å²) >= 11 is 0. The Balaban J connectivity index is 1.82. The van der Waals surface area contributed by atoms with Crippen molar-refractivity contribution >= 4 is 16.6 Å². The lowest BCUT2D eigenvalue weighted by atomic mass is 10.1. The topological polar surface area (TPSA) is 27.8 Å². The molecule has 3 rings (SSSR count). The molecule has 0 aliphatic rings. The average Bonchev–Trinajstić information content (AvgIpc) is 2.89. The highest BCUT2D eigenvalue weighted by Crippen LogP contribution is 2.19. The minimum absolute atomic E-state index is 0.556. The lowest BCUT2D eigenvalue weighted by Crippen LogP contribution is -2.00. The Kier molecular flexibility index (Phi) is 2.91. The van der Waals surface area contributed by atoms with Crippen LogP contribution in [-0.2, 0) is 6.54 Å². The molecule has 3 aromatic rings. The normalized spacial score (nSPS) is 10.8. The van der Waals surface area contributed by atoms with E-state index in [4.69, 9.17) is 0 Å². The van der Waals surface area contributed by atoms with Crippen molar-refractivity contribution in [2.45, 2.75) is 6.54 Å². The molecule has 2 N–H and O–H groups in total. The monoisotopic (exact) mass is 258 g/mol. The van der Waals surface area contributed by atoms with Crippen LogP contribution in [0.2, 0.25) is 0 Å². The second-order valence-electron chi connectivity index (χ2n) is 4.34. The molecule has 0 aliphatic carbocycles. The van der Waals surface area contributed by atoms with Crippen LogP contribution in [0.15, 0.2) is 48.7 Å². The number of aromatic amines is 1. The van der Waals surface area contributed by atoms with Crippen molar-refractivity contribution in [2.24, 2.45) is 0 Å². The molecule has 2 aromatic carbocycles. The Morgan fingerprint density at radius 2 is 1.89 bits per heavy atom. The van der Waals surface area contributed by atoms with Gasteiger partial charge in [0.2, 0.25) is 0 Å². The molecule has 0 saturated carbocycles. The largest absolute Gasteiger partial charge is 0.381 e. The number of nitrogens with one attached hydrogen (secondary N) is 2. The minimum Gasteiger partial charge on any atom is -0.381 e.